The van der Waals surface area contributed by atoms with Crippen LogP contribution in [0.5, 0.6) is 5.75 Å². The second kappa shape index (κ2) is 16.6. The highest BCUT2D eigenvalue weighted by molar-refractivity contribution is 6.78. The van der Waals surface area contributed by atoms with E-state index < -0.39 is 32.3 Å². The number of imidazole rings is 2. The monoisotopic (exact) mass is 863 g/mol. The van der Waals surface area contributed by atoms with Gasteiger partial charge in [0.15, 0.2) is 6.23 Å². The van der Waals surface area contributed by atoms with Crippen LogP contribution >= 0.6 is 0 Å². The summed E-state index contributed by atoms with van der Waals surface area (Å²) in [5.41, 5.74) is 6.61. The van der Waals surface area contributed by atoms with Crippen LogP contribution in [0.2, 0.25) is 19.1 Å². The molecule has 2 saturated heterocycles. The smallest absolute Gasteiger partial charge is 0.407 e. The number of methoxy groups -OCH3 is 2. The molecule has 2 aromatic carbocycles. The molecule has 0 radical (unpaired) electrons. The number of amides is 4. The minimum atomic E-state index is -1.78. The van der Waals surface area contributed by atoms with Crippen molar-refractivity contribution in [2.24, 2.45) is 11.8 Å². The number of fused-ring (bicyclic) bond motifs is 5. The molecule has 3 aromatic heterocycles. The fourth-order valence-electron chi connectivity index (χ4n) is 9.36. The molecule has 3 aliphatic rings. The highest BCUT2D eigenvalue weighted by atomic mass is 28.3. The molecule has 17 heteroatoms. The van der Waals surface area contributed by atoms with Crippen molar-refractivity contribution in [3.63, 3.8) is 0 Å². The molecule has 4 amide bonds. The van der Waals surface area contributed by atoms with Crippen LogP contribution in [0.1, 0.15) is 77.4 Å². The molecular weight excluding hydrogens is 807 g/mol. The van der Waals surface area contributed by atoms with Gasteiger partial charge in [-0.15, -0.1) is 0 Å². The number of aromatic nitrogens is 5. The third-order valence-electron chi connectivity index (χ3n) is 12.5. The van der Waals surface area contributed by atoms with Crippen LogP contribution in [0.15, 0.2) is 54.9 Å². The van der Waals surface area contributed by atoms with Crippen molar-refractivity contribution in [2.75, 3.05) is 26.9 Å². The van der Waals surface area contributed by atoms with E-state index in [4.69, 9.17) is 24.2 Å². The van der Waals surface area contributed by atoms with E-state index in [1.165, 1.54) is 14.2 Å². The van der Waals surface area contributed by atoms with E-state index in [1.807, 2.05) is 62.9 Å². The Morgan fingerprint density at radius 3 is 2.00 bits per heavy atom. The van der Waals surface area contributed by atoms with E-state index >= 15 is 0 Å². The van der Waals surface area contributed by atoms with Crippen LogP contribution < -0.4 is 15.4 Å². The molecule has 328 valence electrons. The molecular formula is C45H57N9O7Si. The molecule has 62 heavy (non-hydrogen) atoms. The quantitative estimate of drug-likeness (QED) is 0.103. The van der Waals surface area contributed by atoms with Gasteiger partial charge in [-0.1, -0.05) is 52.9 Å². The molecule has 16 nitrogen and oxygen atoms in total. The summed E-state index contributed by atoms with van der Waals surface area (Å²) >= 11 is 0. The summed E-state index contributed by atoms with van der Waals surface area (Å²) in [5, 5.41) is 6.51. The van der Waals surface area contributed by atoms with Crippen molar-refractivity contribution in [1.82, 2.24) is 44.9 Å². The lowest BCUT2D eigenvalue weighted by molar-refractivity contribution is -0.136. The Balaban J connectivity index is 1.02. The van der Waals surface area contributed by atoms with Gasteiger partial charge in [0.05, 0.1) is 69.4 Å². The van der Waals surface area contributed by atoms with Gasteiger partial charge in [-0.3, -0.25) is 9.59 Å². The number of hydrogen-bond acceptors (Lipinski definition) is 9. The second-order valence-corrected chi connectivity index (χ2v) is 23.3. The first-order valence-corrected chi connectivity index (χ1v) is 24.9. The summed E-state index contributed by atoms with van der Waals surface area (Å²) in [6, 6.07) is 13.7. The Bertz CT molecular complexity index is 2520. The number of ether oxygens (including phenoxy) is 3. The van der Waals surface area contributed by atoms with Crippen molar-refractivity contribution in [3.05, 3.63) is 66.5 Å². The Kier molecular flexibility index (Phi) is 11.4. The summed E-state index contributed by atoms with van der Waals surface area (Å²) in [6.45, 7) is 14.8. The number of nitrogens with zero attached hydrogens (tertiary/aromatic N) is 5. The minimum Gasteiger partial charge on any atom is -0.470 e. The van der Waals surface area contributed by atoms with E-state index in [9.17, 15) is 19.2 Å². The third kappa shape index (κ3) is 7.93. The predicted octanol–water partition coefficient (Wildman–Crippen LogP) is 7.56. The zero-order valence-corrected chi connectivity index (χ0v) is 37.9. The molecule has 4 N–H and O–H groups in total. The van der Waals surface area contributed by atoms with E-state index in [-0.39, 0.29) is 42.0 Å². The first kappa shape index (κ1) is 42.6. The van der Waals surface area contributed by atoms with Gasteiger partial charge in [-0.25, -0.2) is 19.6 Å². The van der Waals surface area contributed by atoms with Gasteiger partial charge < -0.3 is 49.2 Å². The van der Waals surface area contributed by atoms with Gasteiger partial charge in [0.2, 0.25) is 11.8 Å². The maximum absolute atomic E-state index is 14.0. The molecule has 0 bridgehead atoms. The second-order valence-electron chi connectivity index (χ2n) is 18.2. The highest BCUT2D eigenvalue weighted by Crippen LogP contribution is 2.45. The maximum atomic E-state index is 14.0. The van der Waals surface area contributed by atoms with Gasteiger partial charge in [0.1, 0.15) is 29.5 Å². The Labute approximate surface area is 362 Å². The lowest BCUT2D eigenvalue weighted by Gasteiger charge is -2.30. The minimum absolute atomic E-state index is 0.118. The van der Waals surface area contributed by atoms with E-state index in [0.717, 1.165) is 75.1 Å². The molecule has 2 fully saturated rings. The number of hydrogen-bond donors (Lipinski definition) is 4. The zero-order chi connectivity index (χ0) is 44.2. The topological polar surface area (TPSA) is 189 Å². The maximum Gasteiger partial charge on any atom is 0.407 e. The molecule has 5 unspecified atom stereocenters. The number of benzene rings is 2. The molecule has 6 heterocycles. The molecule has 5 atom stereocenters. The molecule has 8 rings (SSSR count). The standard InChI is InChI=1S/C45H57N9O7Si/c1-24(2)38(50-44(57)59-6)42(55)52-16-10-11-34(52)40-46-20-31(48-40)27-13-15-33-29(17-27)18-35-30-14-12-28(19-37(30)61-26(5)54(33)35)32-21-47-41(49-32)36-22-62(8,9)23-53(36)43(56)39(25(3)4)51-45(58)60-7/h12-15,17-21,24-26,34,36,38-39H,10-11,16,22-23H2,1-9H3,(H,46,48)(H,47,49)(H,50,57)(H,51,58). The molecule has 3 aliphatic heterocycles. The largest absolute Gasteiger partial charge is 0.470 e. The highest BCUT2D eigenvalue weighted by Gasteiger charge is 2.46. The number of nitrogens with one attached hydrogen (secondary N) is 4. The average Bonchev–Trinajstić information content (AvgIpc) is 4.09. The van der Waals surface area contributed by atoms with E-state index in [2.05, 4.69) is 74.7 Å². The van der Waals surface area contributed by atoms with Gasteiger partial charge in [0.25, 0.3) is 0 Å². The Morgan fingerprint density at radius 1 is 0.806 bits per heavy atom. The summed E-state index contributed by atoms with van der Waals surface area (Å²) < 4.78 is 18.4. The van der Waals surface area contributed by atoms with Crippen LogP contribution in [-0.2, 0) is 19.1 Å². The summed E-state index contributed by atoms with van der Waals surface area (Å²) in [6.07, 6.45) is 4.37. The van der Waals surface area contributed by atoms with Gasteiger partial charge >= 0.3 is 12.2 Å². The molecule has 0 spiro atoms. The molecule has 0 saturated carbocycles. The zero-order valence-electron chi connectivity index (χ0n) is 36.9. The third-order valence-corrected chi connectivity index (χ3v) is 15.2. The van der Waals surface area contributed by atoms with Crippen molar-refractivity contribution < 1.29 is 33.4 Å². The number of rotatable bonds is 10. The lowest BCUT2D eigenvalue weighted by atomic mass is 10.0. The number of alkyl carbamates (subject to hydrolysis) is 2. The van der Waals surface area contributed by atoms with Crippen molar-refractivity contribution in [1.29, 1.82) is 0 Å². The molecule has 5 aromatic rings. The Hall–Kier alpha value is -6.10. The fourth-order valence-corrected chi connectivity index (χ4v) is 12.2. The first-order valence-electron chi connectivity index (χ1n) is 21.4. The number of carbonyl (C=O) groups is 4. The van der Waals surface area contributed by atoms with Crippen LogP contribution in [0.4, 0.5) is 9.59 Å². The fraction of sp³-hybridized carbons (Fsp3) is 0.467. The van der Waals surface area contributed by atoms with Crippen LogP contribution in [0.25, 0.3) is 44.7 Å². The lowest BCUT2D eigenvalue weighted by Crippen LogP contribution is -2.52. The number of H-pyrrole nitrogens is 2. The van der Waals surface area contributed by atoms with Gasteiger partial charge in [-0.2, -0.15) is 0 Å². The first-order chi connectivity index (χ1) is 29.6. The van der Waals surface area contributed by atoms with Crippen molar-refractivity contribution >= 4 is 43.0 Å². The van der Waals surface area contributed by atoms with Gasteiger partial charge in [0, 0.05) is 34.8 Å². The van der Waals surface area contributed by atoms with Gasteiger partial charge in [-0.05, 0) is 68.0 Å². The normalized spacial score (nSPS) is 20.1. The Morgan fingerprint density at radius 2 is 1.39 bits per heavy atom. The summed E-state index contributed by atoms with van der Waals surface area (Å²) in [7, 11) is 0.805. The van der Waals surface area contributed by atoms with E-state index in [0.29, 0.717) is 18.5 Å². The molecule has 0 aliphatic carbocycles. The predicted molar refractivity (Wildman–Crippen MR) is 237 cm³/mol. The number of carbonyl (C=O) groups excluding carboxylic acids is 4. The van der Waals surface area contributed by atoms with Crippen LogP contribution in [0.3, 0.4) is 0 Å². The van der Waals surface area contributed by atoms with E-state index in [1.54, 1.807) is 0 Å². The van der Waals surface area contributed by atoms with Crippen LogP contribution in [-0.4, -0.2) is 105 Å². The average molecular weight is 864 g/mol. The summed E-state index contributed by atoms with van der Waals surface area (Å²) in [5.74, 6) is 1.68. The summed E-state index contributed by atoms with van der Waals surface area (Å²) in [4.78, 5) is 72.2. The van der Waals surface area contributed by atoms with Crippen molar-refractivity contribution in [3.8, 4) is 39.5 Å². The van der Waals surface area contributed by atoms with Crippen LogP contribution in [0, 0.1) is 11.8 Å². The number of aromatic amines is 2. The van der Waals surface area contributed by atoms with Crippen molar-refractivity contribution in [2.45, 2.75) is 97.0 Å². The number of likely N-dealkylation sites (tertiary alicyclic amines) is 1. The SMILES string of the molecule is COC(=O)NC(C(=O)N1CCCC1c1ncc(-c2ccc3c(c2)cc2n3C(C)Oc3cc(-c4cnc(C5C[Si](C)(C)CN5C(=O)C(NC(=O)OC)C(C)C)[nH]4)ccc3-2)[nH]1)C(C)C.